The SMILES string of the molecule is Cc1cc(N)ccc1OCc1ccc(F)cc1Br. The summed E-state index contributed by atoms with van der Waals surface area (Å²) in [4.78, 5) is 0. The van der Waals surface area contributed by atoms with Crippen LogP contribution in [0.25, 0.3) is 0 Å². The van der Waals surface area contributed by atoms with Gasteiger partial charge < -0.3 is 10.5 Å². The highest BCUT2D eigenvalue weighted by Gasteiger charge is 2.04. The third-order valence-corrected chi connectivity index (χ3v) is 3.34. The Hall–Kier alpha value is -1.55. The Morgan fingerprint density at radius 3 is 2.67 bits per heavy atom. The molecule has 0 aliphatic heterocycles. The van der Waals surface area contributed by atoms with Gasteiger partial charge in [-0.05, 0) is 42.8 Å². The Labute approximate surface area is 114 Å². The highest BCUT2D eigenvalue weighted by molar-refractivity contribution is 9.10. The van der Waals surface area contributed by atoms with Crippen LogP contribution in [0.3, 0.4) is 0 Å². The van der Waals surface area contributed by atoms with Crippen molar-refractivity contribution in [3.63, 3.8) is 0 Å². The van der Waals surface area contributed by atoms with E-state index in [1.807, 2.05) is 19.1 Å². The lowest BCUT2D eigenvalue weighted by Gasteiger charge is -2.10. The van der Waals surface area contributed by atoms with Gasteiger partial charge in [0.2, 0.25) is 0 Å². The Morgan fingerprint density at radius 2 is 2.00 bits per heavy atom. The lowest BCUT2D eigenvalue weighted by molar-refractivity contribution is 0.303. The van der Waals surface area contributed by atoms with Crippen molar-refractivity contribution in [2.75, 3.05) is 5.73 Å². The zero-order valence-corrected chi connectivity index (χ0v) is 11.5. The fourth-order valence-electron chi connectivity index (χ4n) is 1.63. The van der Waals surface area contributed by atoms with Crippen molar-refractivity contribution in [2.24, 2.45) is 0 Å². The van der Waals surface area contributed by atoms with Crippen molar-refractivity contribution < 1.29 is 9.13 Å². The summed E-state index contributed by atoms with van der Waals surface area (Å²) in [5.41, 5.74) is 8.26. The predicted octanol–water partition coefficient (Wildman–Crippen LogP) is 4.06. The Kier molecular flexibility index (Phi) is 3.87. The van der Waals surface area contributed by atoms with Crippen LogP contribution in [0.4, 0.5) is 10.1 Å². The molecule has 0 atom stereocenters. The standard InChI is InChI=1S/C14H13BrFNO/c1-9-6-12(17)4-5-14(9)18-8-10-2-3-11(16)7-13(10)15/h2-7H,8,17H2,1H3. The molecule has 0 heterocycles. The van der Waals surface area contributed by atoms with E-state index in [0.29, 0.717) is 16.8 Å². The van der Waals surface area contributed by atoms with Gasteiger partial charge in [0.25, 0.3) is 0 Å². The van der Waals surface area contributed by atoms with Crippen molar-refractivity contribution in [3.05, 3.63) is 57.8 Å². The van der Waals surface area contributed by atoms with Gasteiger partial charge in [0.1, 0.15) is 18.2 Å². The van der Waals surface area contributed by atoms with Crippen molar-refractivity contribution in [2.45, 2.75) is 13.5 Å². The van der Waals surface area contributed by atoms with Gasteiger partial charge in [-0.3, -0.25) is 0 Å². The van der Waals surface area contributed by atoms with Crippen LogP contribution in [0.2, 0.25) is 0 Å². The van der Waals surface area contributed by atoms with E-state index in [0.717, 1.165) is 16.9 Å². The molecule has 0 aliphatic carbocycles. The van der Waals surface area contributed by atoms with Crippen LogP contribution >= 0.6 is 15.9 Å². The van der Waals surface area contributed by atoms with E-state index >= 15 is 0 Å². The van der Waals surface area contributed by atoms with Gasteiger partial charge in [-0.15, -0.1) is 0 Å². The van der Waals surface area contributed by atoms with Gasteiger partial charge in [-0.1, -0.05) is 22.0 Å². The summed E-state index contributed by atoms with van der Waals surface area (Å²) in [7, 11) is 0. The summed E-state index contributed by atoms with van der Waals surface area (Å²) >= 11 is 3.31. The fraction of sp³-hybridized carbons (Fsp3) is 0.143. The van der Waals surface area contributed by atoms with Gasteiger partial charge >= 0.3 is 0 Å². The lowest BCUT2D eigenvalue weighted by atomic mass is 10.2. The molecular formula is C14H13BrFNO. The topological polar surface area (TPSA) is 35.2 Å². The summed E-state index contributed by atoms with van der Waals surface area (Å²) in [6.07, 6.45) is 0. The maximum Gasteiger partial charge on any atom is 0.124 e. The maximum atomic E-state index is 12.9. The number of hydrogen-bond acceptors (Lipinski definition) is 2. The van der Waals surface area contributed by atoms with E-state index < -0.39 is 0 Å². The molecule has 0 saturated carbocycles. The van der Waals surface area contributed by atoms with Crippen molar-refractivity contribution in [3.8, 4) is 5.75 Å². The average Bonchev–Trinajstić information content (AvgIpc) is 2.30. The van der Waals surface area contributed by atoms with Crippen LogP contribution in [0.1, 0.15) is 11.1 Å². The van der Waals surface area contributed by atoms with E-state index in [2.05, 4.69) is 15.9 Å². The van der Waals surface area contributed by atoms with Crippen molar-refractivity contribution in [1.82, 2.24) is 0 Å². The third kappa shape index (κ3) is 3.01. The molecule has 4 heteroatoms. The molecule has 0 spiro atoms. The van der Waals surface area contributed by atoms with Gasteiger partial charge in [-0.25, -0.2) is 4.39 Å². The second kappa shape index (κ2) is 5.40. The molecule has 2 rings (SSSR count). The molecule has 0 bridgehead atoms. The molecule has 0 saturated heterocycles. The molecule has 0 amide bonds. The summed E-state index contributed by atoms with van der Waals surface area (Å²) < 4.78 is 19.3. The van der Waals surface area contributed by atoms with Gasteiger partial charge in [0, 0.05) is 15.7 Å². The second-order valence-corrected chi connectivity index (χ2v) is 4.90. The Balaban J connectivity index is 2.11. The average molecular weight is 310 g/mol. The molecule has 2 aromatic carbocycles. The number of nitrogens with two attached hydrogens (primary N) is 1. The van der Waals surface area contributed by atoms with E-state index in [1.54, 1.807) is 12.1 Å². The number of halogens is 2. The highest BCUT2D eigenvalue weighted by atomic mass is 79.9. The number of aryl methyl sites for hydroxylation is 1. The van der Waals surface area contributed by atoms with Crippen LogP contribution in [-0.2, 0) is 6.61 Å². The molecule has 18 heavy (non-hydrogen) atoms. The molecule has 94 valence electrons. The molecule has 0 aliphatic rings. The first-order valence-electron chi connectivity index (χ1n) is 5.49. The lowest BCUT2D eigenvalue weighted by Crippen LogP contribution is -1.99. The summed E-state index contributed by atoms with van der Waals surface area (Å²) in [5.74, 6) is 0.509. The van der Waals surface area contributed by atoms with Crippen LogP contribution in [0, 0.1) is 12.7 Å². The van der Waals surface area contributed by atoms with Gasteiger partial charge in [0.15, 0.2) is 0 Å². The number of rotatable bonds is 3. The summed E-state index contributed by atoms with van der Waals surface area (Å²) in [5, 5.41) is 0. The van der Waals surface area contributed by atoms with E-state index in [-0.39, 0.29) is 5.82 Å². The number of ether oxygens (including phenoxy) is 1. The quantitative estimate of drug-likeness (QED) is 0.868. The molecular weight excluding hydrogens is 297 g/mol. The monoisotopic (exact) mass is 309 g/mol. The van der Waals surface area contributed by atoms with Gasteiger partial charge in [-0.2, -0.15) is 0 Å². The Bertz CT molecular complexity index is 520. The molecule has 0 aromatic heterocycles. The molecule has 2 nitrogen and oxygen atoms in total. The zero-order chi connectivity index (χ0) is 13.1. The number of nitrogen functional groups attached to an aromatic ring is 1. The summed E-state index contributed by atoms with van der Waals surface area (Å²) in [6.45, 7) is 2.32. The van der Waals surface area contributed by atoms with Crippen molar-refractivity contribution >= 4 is 21.6 Å². The third-order valence-electron chi connectivity index (χ3n) is 2.60. The van der Waals surface area contributed by atoms with E-state index in [4.69, 9.17) is 10.5 Å². The maximum absolute atomic E-state index is 12.9. The first-order chi connectivity index (χ1) is 8.56. The summed E-state index contributed by atoms with van der Waals surface area (Å²) in [6, 6.07) is 10.0. The molecule has 0 radical (unpaired) electrons. The minimum Gasteiger partial charge on any atom is -0.489 e. The Morgan fingerprint density at radius 1 is 1.22 bits per heavy atom. The molecule has 2 aromatic rings. The van der Waals surface area contributed by atoms with Crippen LogP contribution in [0.15, 0.2) is 40.9 Å². The number of hydrogen-bond donors (Lipinski definition) is 1. The van der Waals surface area contributed by atoms with E-state index in [9.17, 15) is 4.39 Å². The predicted molar refractivity (Wildman–Crippen MR) is 74.0 cm³/mol. The second-order valence-electron chi connectivity index (χ2n) is 4.05. The first kappa shape index (κ1) is 12.9. The molecule has 0 fully saturated rings. The number of anilines is 1. The van der Waals surface area contributed by atoms with Crippen LogP contribution in [-0.4, -0.2) is 0 Å². The fourth-order valence-corrected chi connectivity index (χ4v) is 2.09. The minimum absolute atomic E-state index is 0.269. The highest BCUT2D eigenvalue weighted by Crippen LogP contribution is 2.24. The minimum atomic E-state index is -0.269. The normalized spacial score (nSPS) is 10.4. The smallest absolute Gasteiger partial charge is 0.124 e. The van der Waals surface area contributed by atoms with E-state index in [1.165, 1.54) is 12.1 Å². The van der Waals surface area contributed by atoms with Crippen LogP contribution in [0.5, 0.6) is 5.75 Å². The first-order valence-corrected chi connectivity index (χ1v) is 6.28. The van der Waals surface area contributed by atoms with Crippen molar-refractivity contribution in [1.29, 1.82) is 0 Å². The molecule has 2 N–H and O–H groups in total. The molecule has 0 unspecified atom stereocenters. The zero-order valence-electron chi connectivity index (χ0n) is 9.91. The number of benzene rings is 2. The largest absolute Gasteiger partial charge is 0.489 e. The van der Waals surface area contributed by atoms with Gasteiger partial charge in [0.05, 0.1) is 0 Å². The van der Waals surface area contributed by atoms with Crippen LogP contribution < -0.4 is 10.5 Å².